The maximum Gasteiger partial charge on any atom is 0.246 e. The van der Waals surface area contributed by atoms with E-state index in [9.17, 15) is 9.59 Å². The Kier molecular flexibility index (Phi) is 4.26. The predicted molar refractivity (Wildman–Crippen MR) is 97.6 cm³/mol. The van der Waals surface area contributed by atoms with Gasteiger partial charge in [-0.15, -0.1) is 0 Å². The van der Waals surface area contributed by atoms with Crippen molar-refractivity contribution in [2.45, 2.75) is 38.1 Å². The van der Waals surface area contributed by atoms with Crippen LogP contribution in [0.2, 0.25) is 0 Å². The van der Waals surface area contributed by atoms with Crippen LogP contribution < -0.4 is 15.5 Å². The van der Waals surface area contributed by atoms with Crippen LogP contribution in [0.3, 0.4) is 0 Å². The lowest BCUT2D eigenvalue weighted by atomic mass is 10.1. The molecule has 25 heavy (non-hydrogen) atoms. The first-order valence-electron chi connectivity index (χ1n) is 8.95. The van der Waals surface area contributed by atoms with Gasteiger partial charge in [0, 0.05) is 31.1 Å². The fraction of sp³-hybridized carbons (Fsp3) is 0.421. The van der Waals surface area contributed by atoms with Crippen LogP contribution in [0.1, 0.15) is 32.1 Å². The van der Waals surface area contributed by atoms with E-state index in [1.54, 1.807) is 6.20 Å². The predicted octanol–water partition coefficient (Wildman–Crippen LogP) is 2.44. The van der Waals surface area contributed by atoms with Gasteiger partial charge in [-0.25, -0.2) is 0 Å². The molecule has 2 N–H and O–H groups in total. The number of nitrogens with zero attached hydrogens (tertiary/aromatic N) is 2. The number of rotatable bonds is 3. The van der Waals surface area contributed by atoms with Gasteiger partial charge in [0.2, 0.25) is 11.8 Å². The normalized spacial score (nSPS) is 20.6. The first-order chi connectivity index (χ1) is 12.2. The van der Waals surface area contributed by atoms with Gasteiger partial charge < -0.3 is 15.5 Å². The highest BCUT2D eigenvalue weighted by atomic mass is 16.2. The minimum Gasteiger partial charge on any atom is -0.370 e. The van der Waals surface area contributed by atoms with Gasteiger partial charge in [-0.3, -0.25) is 14.6 Å². The maximum absolute atomic E-state index is 12.4. The van der Waals surface area contributed by atoms with Crippen LogP contribution in [-0.2, 0) is 9.59 Å². The summed E-state index contributed by atoms with van der Waals surface area (Å²) in [5.74, 6) is -0.228. The summed E-state index contributed by atoms with van der Waals surface area (Å²) in [6.45, 7) is 2.09. The van der Waals surface area contributed by atoms with Crippen molar-refractivity contribution in [2.24, 2.45) is 0 Å². The number of hydrogen-bond acceptors (Lipinski definition) is 4. The molecule has 1 unspecified atom stereocenters. The molecule has 6 heteroatoms. The third-order valence-electron chi connectivity index (χ3n) is 5.01. The number of nitrogens with one attached hydrogen (secondary N) is 2. The molecule has 6 nitrogen and oxygen atoms in total. The topological polar surface area (TPSA) is 74.3 Å². The van der Waals surface area contributed by atoms with Crippen LogP contribution in [0.15, 0.2) is 30.5 Å². The number of carbonyl (C=O) groups is 2. The van der Waals surface area contributed by atoms with Gasteiger partial charge in [-0.2, -0.15) is 0 Å². The number of fused-ring (bicyclic) bond motifs is 1. The summed E-state index contributed by atoms with van der Waals surface area (Å²) in [4.78, 5) is 30.7. The Bertz CT molecular complexity index is 814. The number of carbonyl (C=O) groups excluding carboxylic acids is 2. The first-order valence-corrected chi connectivity index (χ1v) is 8.95. The van der Waals surface area contributed by atoms with Crippen molar-refractivity contribution in [3.8, 4) is 0 Å². The Hall–Kier alpha value is -2.63. The zero-order valence-corrected chi connectivity index (χ0v) is 14.1. The van der Waals surface area contributed by atoms with E-state index in [2.05, 4.69) is 20.5 Å². The van der Waals surface area contributed by atoms with E-state index in [0.29, 0.717) is 12.8 Å². The van der Waals surface area contributed by atoms with Crippen LogP contribution in [0, 0.1) is 0 Å². The molecule has 4 rings (SSSR count). The highest BCUT2D eigenvalue weighted by Crippen LogP contribution is 2.32. The number of benzene rings is 1. The van der Waals surface area contributed by atoms with E-state index in [1.165, 1.54) is 19.3 Å². The van der Waals surface area contributed by atoms with E-state index in [4.69, 9.17) is 0 Å². The number of piperidine rings is 1. The highest BCUT2D eigenvalue weighted by Gasteiger charge is 2.27. The van der Waals surface area contributed by atoms with E-state index in [1.807, 2.05) is 24.3 Å². The Balaban J connectivity index is 1.64. The minimum absolute atomic E-state index is 0.0629. The van der Waals surface area contributed by atoms with Gasteiger partial charge in [0.1, 0.15) is 6.04 Å². The summed E-state index contributed by atoms with van der Waals surface area (Å²) in [7, 11) is 0. The fourth-order valence-electron chi connectivity index (χ4n) is 3.69. The molecule has 3 heterocycles. The lowest BCUT2D eigenvalue weighted by molar-refractivity contribution is -0.122. The van der Waals surface area contributed by atoms with Crippen LogP contribution in [0.5, 0.6) is 0 Å². The molecule has 2 aromatic rings. The largest absolute Gasteiger partial charge is 0.370 e. The molecule has 0 saturated carbocycles. The van der Waals surface area contributed by atoms with Crippen molar-refractivity contribution in [2.75, 3.05) is 23.3 Å². The molecule has 2 aliphatic rings. The fourth-order valence-corrected chi connectivity index (χ4v) is 3.69. The average molecular weight is 338 g/mol. The summed E-state index contributed by atoms with van der Waals surface area (Å²) in [5, 5.41) is 6.61. The Labute approximate surface area is 146 Å². The average Bonchev–Trinajstić information content (AvgIpc) is 3.09. The molecule has 0 bridgehead atoms. The Morgan fingerprint density at radius 1 is 1.20 bits per heavy atom. The second-order valence-electron chi connectivity index (χ2n) is 6.73. The second-order valence-corrected chi connectivity index (χ2v) is 6.73. The lowest BCUT2D eigenvalue weighted by Crippen LogP contribution is -2.37. The number of pyridine rings is 1. The minimum atomic E-state index is -0.444. The molecule has 0 spiro atoms. The number of anilines is 2. The van der Waals surface area contributed by atoms with Crippen molar-refractivity contribution >= 4 is 34.1 Å². The summed E-state index contributed by atoms with van der Waals surface area (Å²) in [5.41, 5.74) is 2.79. The second kappa shape index (κ2) is 6.70. The molecule has 2 saturated heterocycles. The molecule has 2 fully saturated rings. The molecule has 1 aromatic heterocycles. The van der Waals surface area contributed by atoms with Crippen LogP contribution in [0.4, 0.5) is 11.4 Å². The van der Waals surface area contributed by atoms with E-state index in [0.717, 1.165) is 35.4 Å². The number of hydrogen-bond donors (Lipinski definition) is 2. The monoisotopic (exact) mass is 338 g/mol. The van der Waals surface area contributed by atoms with E-state index >= 15 is 0 Å². The van der Waals surface area contributed by atoms with Gasteiger partial charge in [0.15, 0.2) is 0 Å². The molecule has 2 amide bonds. The summed E-state index contributed by atoms with van der Waals surface area (Å²) < 4.78 is 0. The summed E-state index contributed by atoms with van der Waals surface area (Å²) in [6, 6.07) is 7.42. The first kappa shape index (κ1) is 15.9. The molecule has 0 aliphatic carbocycles. The van der Waals surface area contributed by atoms with Crippen LogP contribution in [0.25, 0.3) is 10.9 Å². The van der Waals surface area contributed by atoms with Crippen LogP contribution >= 0.6 is 0 Å². The molecule has 0 radical (unpaired) electrons. The van der Waals surface area contributed by atoms with Gasteiger partial charge in [-0.05, 0) is 49.9 Å². The number of aromatic nitrogens is 1. The van der Waals surface area contributed by atoms with Gasteiger partial charge >= 0.3 is 0 Å². The molecule has 2 aliphatic heterocycles. The zero-order chi connectivity index (χ0) is 17.2. The van der Waals surface area contributed by atoms with Gasteiger partial charge in [-0.1, -0.05) is 0 Å². The summed E-state index contributed by atoms with van der Waals surface area (Å²) in [6.07, 6.45) is 6.44. The molecular weight excluding hydrogens is 316 g/mol. The third kappa shape index (κ3) is 3.16. The third-order valence-corrected chi connectivity index (χ3v) is 5.01. The van der Waals surface area contributed by atoms with Gasteiger partial charge in [0.25, 0.3) is 0 Å². The molecule has 1 aromatic carbocycles. The lowest BCUT2D eigenvalue weighted by Gasteiger charge is -2.29. The smallest absolute Gasteiger partial charge is 0.246 e. The van der Waals surface area contributed by atoms with Crippen molar-refractivity contribution in [3.63, 3.8) is 0 Å². The Morgan fingerprint density at radius 3 is 2.80 bits per heavy atom. The van der Waals surface area contributed by atoms with Crippen molar-refractivity contribution in [1.29, 1.82) is 0 Å². The SMILES string of the molecule is O=C1CCC(C(=O)Nc2ccc(N3CCCCC3)c3ncccc23)N1. The molecular formula is C19H22N4O2. The van der Waals surface area contributed by atoms with Crippen molar-refractivity contribution in [1.82, 2.24) is 10.3 Å². The molecule has 1 atom stereocenters. The Morgan fingerprint density at radius 2 is 2.04 bits per heavy atom. The van der Waals surface area contributed by atoms with Crippen molar-refractivity contribution < 1.29 is 9.59 Å². The van der Waals surface area contributed by atoms with E-state index in [-0.39, 0.29) is 11.8 Å². The number of amides is 2. The van der Waals surface area contributed by atoms with Crippen molar-refractivity contribution in [3.05, 3.63) is 30.5 Å². The standard InChI is InChI=1S/C19H22N4O2/c24-17-9-7-15(21-17)19(25)22-14-6-8-16(23-11-2-1-3-12-23)18-13(14)5-4-10-20-18/h4-6,8,10,15H,1-3,7,9,11-12H2,(H,21,24)(H,22,25). The molecule has 130 valence electrons. The maximum atomic E-state index is 12.4. The quantitative estimate of drug-likeness (QED) is 0.901. The summed E-state index contributed by atoms with van der Waals surface area (Å²) >= 11 is 0. The van der Waals surface area contributed by atoms with Crippen LogP contribution in [-0.4, -0.2) is 35.9 Å². The highest BCUT2D eigenvalue weighted by molar-refractivity contribution is 6.07. The zero-order valence-electron chi connectivity index (χ0n) is 14.1. The van der Waals surface area contributed by atoms with E-state index < -0.39 is 6.04 Å². The van der Waals surface area contributed by atoms with Gasteiger partial charge in [0.05, 0.1) is 16.9 Å².